The second-order valence-electron chi connectivity index (χ2n) is 13.7. The zero-order valence-electron chi connectivity index (χ0n) is 29.0. The van der Waals surface area contributed by atoms with Crippen molar-refractivity contribution in [2.75, 3.05) is 0 Å². The number of rotatable bonds is 6. The van der Waals surface area contributed by atoms with Gasteiger partial charge in [-0.1, -0.05) is 146 Å². The lowest BCUT2D eigenvalue weighted by Gasteiger charge is -2.28. The highest BCUT2D eigenvalue weighted by molar-refractivity contribution is 6.15. The molecular formula is C49H35N3O. The van der Waals surface area contributed by atoms with Gasteiger partial charge in [-0.25, -0.2) is 9.98 Å². The maximum atomic E-state index is 6.49. The molecule has 4 heteroatoms. The predicted molar refractivity (Wildman–Crippen MR) is 220 cm³/mol. The first-order valence-electron chi connectivity index (χ1n) is 18.2. The third-order valence-corrected chi connectivity index (χ3v) is 10.4. The molecular weight excluding hydrogens is 647 g/mol. The van der Waals surface area contributed by atoms with Gasteiger partial charge in [0.05, 0.1) is 0 Å². The van der Waals surface area contributed by atoms with Gasteiger partial charge < -0.3 is 9.73 Å². The van der Waals surface area contributed by atoms with Crippen molar-refractivity contribution in [3.63, 3.8) is 0 Å². The van der Waals surface area contributed by atoms with Gasteiger partial charge in [-0.3, -0.25) is 0 Å². The second-order valence-corrected chi connectivity index (χ2v) is 13.7. The van der Waals surface area contributed by atoms with Gasteiger partial charge in [0.25, 0.3) is 0 Å². The Balaban J connectivity index is 1.14. The van der Waals surface area contributed by atoms with Crippen LogP contribution in [0.2, 0.25) is 0 Å². The third-order valence-electron chi connectivity index (χ3n) is 10.4. The maximum Gasteiger partial charge on any atom is 0.159 e. The van der Waals surface area contributed by atoms with E-state index < -0.39 is 0 Å². The quantitative estimate of drug-likeness (QED) is 0.190. The second kappa shape index (κ2) is 13.1. The van der Waals surface area contributed by atoms with Gasteiger partial charge in [-0.05, 0) is 92.9 Å². The van der Waals surface area contributed by atoms with Crippen LogP contribution < -0.4 is 5.32 Å². The molecule has 252 valence electrons. The Kier molecular flexibility index (Phi) is 7.65. The minimum absolute atomic E-state index is 0.357. The monoisotopic (exact) mass is 681 g/mol. The normalized spacial score (nSPS) is 15.8. The smallest absolute Gasteiger partial charge is 0.159 e. The molecule has 1 aliphatic heterocycles. The molecule has 53 heavy (non-hydrogen) atoms. The van der Waals surface area contributed by atoms with E-state index in [-0.39, 0.29) is 6.17 Å². The molecule has 1 atom stereocenters. The van der Waals surface area contributed by atoms with Crippen molar-refractivity contribution < 1.29 is 4.42 Å². The Hall–Kier alpha value is -6.78. The molecule has 0 spiro atoms. The van der Waals surface area contributed by atoms with Gasteiger partial charge in [0.2, 0.25) is 0 Å². The molecule has 0 fully saturated rings. The summed E-state index contributed by atoms with van der Waals surface area (Å²) in [5.41, 5.74) is 12.1. The SMILES string of the molecule is C1=CC(C2N=C(c3ccc4ccccc4c3)N=C(c3cccc(-c4ccccc4)c3)N2)=C(c2cccc3oc4ccc(-c5ccccc5)cc4c23)CC1. The van der Waals surface area contributed by atoms with Gasteiger partial charge in [0, 0.05) is 21.9 Å². The summed E-state index contributed by atoms with van der Waals surface area (Å²) in [4.78, 5) is 10.6. The van der Waals surface area contributed by atoms with Crippen LogP contribution >= 0.6 is 0 Å². The number of aliphatic imine (C=N–C) groups is 2. The van der Waals surface area contributed by atoms with E-state index in [0.29, 0.717) is 5.84 Å². The van der Waals surface area contributed by atoms with E-state index in [0.717, 1.165) is 68.3 Å². The Labute approximate surface area is 308 Å². The summed E-state index contributed by atoms with van der Waals surface area (Å²) in [5.74, 6) is 1.51. The van der Waals surface area contributed by atoms with Gasteiger partial charge in [0.1, 0.15) is 23.2 Å². The summed E-state index contributed by atoms with van der Waals surface area (Å²) < 4.78 is 6.49. The number of furan rings is 1. The summed E-state index contributed by atoms with van der Waals surface area (Å²) in [7, 11) is 0. The molecule has 2 aliphatic rings. The summed E-state index contributed by atoms with van der Waals surface area (Å²) in [5, 5.41) is 8.41. The van der Waals surface area contributed by atoms with Crippen LogP contribution in [0, 0.1) is 0 Å². The molecule has 0 saturated carbocycles. The number of nitrogens with zero attached hydrogens (tertiary/aromatic N) is 2. The van der Waals surface area contributed by atoms with Crippen molar-refractivity contribution in [2.45, 2.75) is 19.0 Å². The zero-order valence-corrected chi connectivity index (χ0v) is 29.0. The van der Waals surface area contributed by atoms with Crippen molar-refractivity contribution >= 4 is 50.0 Å². The van der Waals surface area contributed by atoms with E-state index in [1.165, 1.54) is 33.2 Å². The lowest BCUT2D eigenvalue weighted by atomic mass is 9.87. The lowest BCUT2D eigenvalue weighted by molar-refractivity contribution is 0.669. The largest absolute Gasteiger partial charge is 0.456 e. The molecule has 7 aromatic carbocycles. The number of hydrogen-bond donors (Lipinski definition) is 1. The molecule has 0 radical (unpaired) electrons. The summed E-state index contributed by atoms with van der Waals surface area (Å²) in [6.45, 7) is 0. The van der Waals surface area contributed by atoms with Crippen LogP contribution in [-0.4, -0.2) is 17.8 Å². The fourth-order valence-electron chi connectivity index (χ4n) is 7.81. The molecule has 0 bridgehead atoms. The molecule has 1 unspecified atom stereocenters. The van der Waals surface area contributed by atoms with Gasteiger partial charge in [0.15, 0.2) is 5.84 Å². The van der Waals surface area contributed by atoms with Crippen LogP contribution in [0.5, 0.6) is 0 Å². The van der Waals surface area contributed by atoms with E-state index in [1.807, 2.05) is 0 Å². The zero-order chi connectivity index (χ0) is 35.1. The Bertz CT molecular complexity index is 2810. The molecule has 0 saturated heterocycles. The number of amidine groups is 2. The predicted octanol–water partition coefficient (Wildman–Crippen LogP) is 12.0. The van der Waals surface area contributed by atoms with Crippen LogP contribution in [0.3, 0.4) is 0 Å². The Morgan fingerprint density at radius 3 is 2.08 bits per heavy atom. The third kappa shape index (κ3) is 5.75. The molecule has 1 aliphatic carbocycles. The minimum Gasteiger partial charge on any atom is -0.456 e. The standard InChI is InChI=1S/C49H35N3O/c1-3-13-32(14-4-1)36-19-11-20-38(29-36)47-50-48(39-26-25-34-17-7-8-18-35(34)30-39)52-49(51-47)42-22-10-9-21-40(42)41-23-12-24-45-46(41)43-31-37(27-28-44(43)53-45)33-15-5-2-6-16-33/h1-8,10-20,22-31,49H,9,21H2,(H,50,51,52). The first kappa shape index (κ1) is 31.0. The van der Waals surface area contributed by atoms with E-state index in [9.17, 15) is 0 Å². The minimum atomic E-state index is -0.357. The van der Waals surface area contributed by atoms with Gasteiger partial charge in [-0.15, -0.1) is 0 Å². The number of benzene rings is 7. The van der Waals surface area contributed by atoms with E-state index in [4.69, 9.17) is 14.4 Å². The van der Waals surface area contributed by atoms with Crippen LogP contribution in [0.15, 0.2) is 196 Å². The van der Waals surface area contributed by atoms with E-state index in [1.54, 1.807) is 0 Å². The molecule has 0 amide bonds. The summed E-state index contributed by atoms with van der Waals surface area (Å²) in [6.07, 6.45) is 6.02. The highest BCUT2D eigenvalue weighted by Crippen LogP contribution is 2.41. The highest BCUT2D eigenvalue weighted by atomic mass is 16.3. The maximum absolute atomic E-state index is 6.49. The Morgan fingerprint density at radius 1 is 0.547 bits per heavy atom. The average Bonchev–Trinajstić information content (AvgIpc) is 3.62. The van der Waals surface area contributed by atoms with Crippen LogP contribution in [0.1, 0.15) is 29.5 Å². The summed E-state index contributed by atoms with van der Waals surface area (Å²) >= 11 is 0. The number of nitrogens with one attached hydrogen (secondary N) is 1. The Morgan fingerprint density at radius 2 is 1.25 bits per heavy atom. The van der Waals surface area contributed by atoms with Crippen molar-refractivity contribution in [2.24, 2.45) is 9.98 Å². The number of hydrogen-bond acceptors (Lipinski definition) is 4. The molecule has 8 aromatic rings. The van der Waals surface area contributed by atoms with E-state index >= 15 is 0 Å². The first-order chi connectivity index (χ1) is 26.2. The molecule has 1 N–H and O–H groups in total. The molecule has 10 rings (SSSR count). The number of fused-ring (bicyclic) bond motifs is 4. The van der Waals surface area contributed by atoms with Gasteiger partial charge in [-0.2, -0.15) is 0 Å². The van der Waals surface area contributed by atoms with Crippen molar-refractivity contribution in [1.29, 1.82) is 0 Å². The lowest BCUT2D eigenvalue weighted by Crippen LogP contribution is -2.40. The summed E-state index contributed by atoms with van der Waals surface area (Å²) in [6, 6.07) is 57.6. The van der Waals surface area contributed by atoms with Crippen LogP contribution in [-0.2, 0) is 0 Å². The molecule has 2 heterocycles. The topological polar surface area (TPSA) is 49.9 Å². The van der Waals surface area contributed by atoms with Crippen molar-refractivity contribution in [1.82, 2.24) is 5.32 Å². The van der Waals surface area contributed by atoms with Crippen molar-refractivity contribution in [3.05, 3.63) is 198 Å². The highest BCUT2D eigenvalue weighted by Gasteiger charge is 2.27. The van der Waals surface area contributed by atoms with Gasteiger partial charge >= 0.3 is 0 Å². The first-order valence-corrected chi connectivity index (χ1v) is 18.2. The fourth-order valence-corrected chi connectivity index (χ4v) is 7.81. The average molecular weight is 682 g/mol. The van der Waals surface area contributed by atoms with Crippen LogP contribution in [0.4, 0.5) is 0 Å². The van der Waals surface area contributed by atoms with Crippen LogP contribution in [0.25, 0.3) is 60.5 Å². The fraction of sp³-hybridized carbons (Fsp3) is 0.0612. The molecule has 4 nitrogen and oxygen atoms in total. The number of allylic oxidation sites excluding steroid dienone is 2. The molecule has 1 aromatic heterocycles. The van der Waals surface area contributed by atoms with E-state index in [2.05, 4.69) is 181 Å². The van der Waals surface area contributed by atoms with Crippen molar-refractivity contribution in [3.8, 4) is 22.3 Å².